The number of rotatable bonds is 4. The van der Waals surface area contributed by atoms with E-state index in [0.29, 0.717) is 13.1 Å². The van der Waals surface area contributed by atoms with Crippen LogP contribution in [0.4, 0.5) is 5.69 Å². The van der Waals surface area contributed by atoms with Crippen LogP contribution in [0.1, 0.15) is 12.0 Å². The molecule has 4 nitrogen and oxygen atoms in total. The Bertz CT molecular complexity index is 717. The van der Waals surface area contributed by atoms with Gasteiger partial charge in [0.25, 0.3) is 0 Å². The third kappa shape index (κ3) is 3.48. The Morgan fingerprint density at radius 2 is 2.17 bits per heavy atom. The molecule has 1 fully saturated rings. The van der Waals surface area contributed by atoms with Crippen LogP contribution in [0.5, 0.6) is 0 Å². The molecule has 23 heavy (non-hydrogen) atoms. The van der Waals surface area contributed by atoms with Crippen LogP contribution in [0.3, 0.4) is 0 Å². The van der Waals surface area contributed by atoms with Crippen molar-refractivity contribution < 1.29 is 9.59 Å². The third-order valence-corrected chi connectivity index (χ3v) is 5.40. The van der Waals surface area contributed by atoms with E-state index in [1.54, 1.807) is 28.2 Å². The van der Waals surface area contributed by atoms with E-state index in [-0.39, 0.29) is 24.2 Å². The van der Waals surface area contributed by atoms with E-state index in [1.165, 1.54) is 0 Å². The number of hydrogen-bond acceptors (Lipinski definition) is 3. The van der Waals surface area contributed by atoms with Gasteiger partial charge in [0.2, 0.25) is 11.8 Å². The lowest BCUT2D eigenvalue weighted by Gasteiger charge is -2.21. The molecule has 0 spiro atoms. The van der Waals surface area contributed by atoms with Gasteiger partial charge in [0, 0.05) is 31.0 Å². The van der Waals surface area contributed by atoms with Crippen LogP contribution in [0, 0.1) is 5.92 Å². The molecule has 0 radical (unpaired) electrons. The topological polar surface area (TPSA) is 40.6 Å². The van der Waals surface area contributed by atoms with Gasteiger partial charge in [-0.1, -0.05) is 12.1 Å². The van der Waals surface area contributed by atoms with E-state index in [1.807, 2.05) is 41.1 Å². The molecule has 0 aliphatic carbocycles. The summed E-state index contributed by atoms with van der Waals surface area (Å²) in [5, 5.41) is 4.04. The van der Waals surface area contributed by atoms with Crippen molar-refractivity contribution >= 4 is 44.8 Å². The first kappa shape index (κ1) is 16.2. The molecule has 0 N–H and O–H groups in total. The van der Waals surface area contributed by atoms with E-state index in [4.69, 9.17) is 0 Å². The van der Waals surface area contributed by atoms with Gasteiger partial charge in [-0.2, -0.15) is 11.3 Å². The van der Waals surface area contributed by atoms with Crippen molar-refractivity contribution in [1.29, 1.82) is 0 Å². The molecule has 0 unspecified atom stereocenters. The number of carbonyl (C=O) groups is 2. The van der Waals surface area contributed by atoms with E-state index < -0.39 is 0 Å². The van der Waals surface area contributed by atoms with E-state index in [0.717, 1.165) is 15.7 Å². The van der Waals surface area contributed by atoms with Crippen LogP contribution in [0.2, 0.25) is 0 Å². The summed E-state index contributed by atoms with van der Waals surface area (Å²) >= 11 is 5.09. The smallest absolute Gasteiger partial charge is 0.228 e. The van der Waals surface area contributed by atoms with Gasteiger partial charge in [-0.05, 0) is 50.5 Å². The predicted molar refractivity (Wildman–Crippen MR) is 95.4 cm³/mol. The van der Waals surface area contributed by atoms with Crippen LogP contribution in [-0.2, 0) is 16.1 Å². The molecule has 3 rings (SSSR count). The highest BCUT2D eigenvalue weighted by atomic mass is 79.9. The Hall–Kier alpha value is -1.66. The number of thiophene rings is 1. The predicted octanol–water partition coefficient (Wildman–Crippen LogP) is 3.52. The first-order valence-electron chi connectivity index (χ1n) is 7.37. The molecule has 0 bridgehead atoms. The lowest BCUT2D eigenvalue weighted by atomic mass is 10.1. The monoisotopic (exact) mass is 392 g/mol. The average molecular weight is 393 g/mol. The van der Waals surface area contributed by atoms with Gasteiger partial charge in [0.15, 0.2) is 0 Å². The minimum atomic E-state index is -0.279. The van der Waals surface area contributed by atoms with Gasteiger partial charge in [-0.25, -0.2) is 0 Å². The van der Waals surface area contributed by atoms with Crippen molar-refractivity contribution in [2.24, 2.45) is 5.92 Å². The molecule has 1 atom stereocenters. The number of carbonyl (C=O) groups excluding carboxylic acids is 2. The van der Waals surface area contributed by atoms with Crippen LogP contribution in [0.15, 0.2) is 45.6 Å². The number of benzene rings is 1. The largest absolute Gasteiger partial charge is 0.341 e. The highest BCUT2D eigenvalue weighted by Crippen LogP contribution is 2.31. The SMILES string of the molecule is CN(Cc1ccsc1)C(=O)[C@@H]1CC(=O)N(c2ccccc2Br)C1. The highest BCUT2D eigenvalue weighted by molar-refractivity contribution is 9.10. The fourth-order valence-corrected chi connectivity index (χ4v) is 3.98. The minimum Gasteiger partial charge on any atom is -0.341 e. The van der Waals surface area contributed by atoms with Crippen molar-refractivity contribution in [2.45, 2.75) is 13.0 Å². The van der Waals surface area contributed by atoms with E-state index in [9.17, 15) is 9.59 Å². The zero-order chi connectivity index (χ0) is 16.4. The zero-order valence-corrected chi connectivity index (χ0v) is 15.1. The molecule has 6 heteroatoms. The van der Waals surface area contributed by atoms with Crippen LogP contribution < -0.4 is 4.90 Å². The summed E-state index contributed by atoms with van der Waals surface area (Å²) < 4.78 is 0.869. The van der Waals surface area contributed by atoms with Crippen molar-refractivity contribution in [3.63, 3.8) is 0 Å². The number of para-hydroxylation sites is 1. The summed E-state index contributed by atoms with van der Waals surface area (Å²) in [5.74, 6) is -0.253. The summed E-state index contributed by atoms with van der Waals surface area (Å²) in [5.41, 5.74) is 1.95. The van der Waals surface area contributed by atoms with Gasteiger partial charge in [0.1, 0.15) is 0 Å². The van der Waals surface area contributed by atoms with Crippen LogP contribution in [-0.4, -0.2) is 30.3 Å². The Labute approximate surface area is 147 Å². The van der Waals surface area contributed by atoms with Crippen LogP contribution >= 0.6 is 27.3 Å². The molecule has 1 aromatic heterocycles. The molecule has 1 saturated heterocycles. The maximum absolute atomic E-state index is 12.6. The quantitative estimate of drug-likeness (QED) is 0.798. The summed E-state index contributed by atoms with van der Waals surface area (Å²) in [4.78, 5) is 28.3. The van der Waals surface area contributed by atoms with E-state index in [2.05, 4.69) is 15.9 Å². The summed E-state index contributed by atoms with van der Waals surface area (Å²) in [6.07, 6.45) is 0.272. The summed E-state index contributed by atoms with van der Waals surface area (Å²) in [6, 6.07) is 9.61. The van der Waals surface area contributed by atoms with E-state index >= 15 is 0 Å². The second kappa shape index (κ2) is 6.84. The van der Waals surface area contributed by atoms with Gasteiger partial charge in [-0.3, -0.25) is 9.59 Å². The molecule has 1 aliphatic heterocycles. The standard InChI is InChI=1S/C17H17BrN2O2S/c1-19(9-12-6-7-23-11-12)17(22)13-8-16(21)20(10-13)15-5-3-2-4-14(15)18/h2-7,11,13H,8-10H2,1H3/t13-/m1/s1. The second-order valence-corrected chi connectivity index (χ2v) is 7.32. The minimum absolute atomic E-state index is 0.000756. The Kier molecular flexibility index (Phi) is 4.82. The lowest BCUT2D eigenvalue weighted by molar-refractivity contribution is -0.135. The fourth-order valence-electron chi connectivity index (χ4n) is 2.82. The van der Waals surface area contributed by atoms with Crippen LogP contribution in [0.25, 0.3) is 0 Å². The molecule has 1 aliphatic rings. The first-order valence-corrected chi connectivity index (χ1v) is 9.11. The van der Waals surface area contributed by atoms with Gasteiger partial charge >= 0.3 is 0 Å². The Morgan fingerprint density at radius 3 is 2.87 bits per heavy atom. The van der Waals surface area contributed by atoms with Gasteiger partial charge in [-0.15, -0.1) is 0 Å². The molecule has 2 amide bonds. The maximum Gasteiger partial charge on any atom is 0.228 e. The van der Waals surface area contributed by atoms with Gasteiger partial charge in [0.05, 0.1) is 11.6 Å². The van der Waals surface area contributed by atoms with Crippen molar-refractivity contribution in [3.05, 3.63) is 51.1 Å². The lowest BCUT2D eigenvalue weighted by Crippen LogP contribution is -2.34. The zero-order valence-electron chi connectivity index (χ0n) is 12.7. The molecule has 120 valence electrons. The maximum atomic E-state index is 12.6. The number of hydrogen-bond donors (Lipinski definition) is 0. The summed E-state index contributed by atoms with van der Waals surface area (Å²) in [7, 11) is 1.80. The number of halogens is 1. The molecule has 0 saturated carbocycles. The number of nitrogens with zero attached hydrogens (tertiary/aromatic N) is 2. The highest BCUT2D eigenvalue weighted by Gasteiger charge is 2.37. The molecular formula is C17H17BrN2O2S. The molecule has 2 heterocycles. The normalized spacial score (nSPS) is 17.6. The van der Waals surface area contributed by atoms with Crippen molar-refractivity contribution in [1.82, 2.24) is 4.90 Å². The fraction of sp³-hybridized carbons (Fsp3) is 0.294. The molecule has 2 aromatic rings. The Morgan fingerprint density at radius 1 is 1.39 bits per heavy atom. The third-order valence-electron chi connectivity index (χ3n) is 3.99. The van der Waals surface area contributed by atoms with Crippen molar-refractivity contribution in [2.75, 3.05) is 18.5 Å². The number of anilines is 1. The Balaban J connectivity index is 1.69. The summed E-state index contributed by atoms with van der Waals surface area (Å²) in [6.45, 7) is 1.02. The van der Waals surface area contributed by atoms with Crippen molar-refractivity contribution in [3.8, 4) is 0 Å². The van der Waals surface area contributed by atoms with Gasteiger partial charge < -0.3 is 9.80 Å². The first-order chi connectivity index (χ1) is 11.1. The molecular weight excluding hydrogens is 376 g/mol. The average Bonchev–Trinajstić information content (AvgIpc) is 3.17. The number of amides is 2. The molecule has 1 aromatic carbocycles. The second-order valence-electron chi connectivity index (χ2n) is 5.68.